The lowest BCUT2D eigenvalue weighted by Gasteiger charge is -2.25. The van der Waals surface area contributed by atoms with E-state index in [9.17, 15) is 14.0 Å². The fourth-order valence-corrected chi connectivity index (χ4v) is 2.53. The molecule has 3 rings (SSSR count). The Morgan fingerprint density at radius 2 is 2.14 bits per heavy atom. The molecule has 2 unspecified atom stereocenters. The smallest absolute Gasteiger partial charge is 0.329 e. The summed E-state index contributed by atoms with van der Waals surface area (Å²) in [6, 6.07) is 7.81. The molecule has 1 aromatic heterocycles. The first-order valence-electron chi connectivity index (χ1n) is 6.89. The van der Waals surface area contributed by atoms with Gasteiger partial charge in [-0.05, 0) is 37.3 Å². The van der Waals surface area contributed by atoms with E-state index in [0.717, 1.165) is 0 Å². The second-order valence-electron chi connectivity index (χ2n) is 5.13. The van der Waals surface area contributed by atoms with Crippen molar-refractivity contribution >= 4 is 17.6 Å². The summed E-state index contributed by atoms with van der Waals surface area (Å²) in [5.74, 6) is -1.42. The highest BCUT2D eigenvalue weighted by molar-refractivity contribution is 6.08. The van der Waals surface area contributed by atoms with Gasteiger partial charge in [-0.3, -0.25) is 9.69 Å². The Balaban J connectivity index is 2.02. The standard InChI is InChI=1S/C16H14FNO4/c1-10-8-13(16(20)22-10)18(12-5-2-4-11(17)9-12)15(19)14-6-3-7-21-14/h2-7,9-10,13H,8H2,1H3. The molecule has 1 fully saturated rings. The first-order valence-corrected chi connectivity index (χ1v) is 6.89. The van der Waals surface area contributed by atoms with Crippen molar-refractivity contribution in [2.75, 3.05) is 4.90 Å². The molecular formula is C16H14FNO4. The molecule has 1 aliphatic heterocycles. The number of carbonyl (C=O) groups excluding carboxylic acids is 2. The number of hydrogen-bond acceptors (Lipinski definition) is 4. The number of carbonyl (C=O) groups is 2. The van der Waals surface area contributed by atoms with Crippen LogP contribution in [0.15, 0.2) is 47.1 Å². The van der Waals surface area contributed by atoms with Gasteiger partial charge in [0.15, 0.2) is 5.76 Å². The maximum atomic E-state index is 13.5. The van der Waals surface area contributed by atoms with Crippen molar-refractivity contribution in [2.24, 2.45) is 0 Å². The van der Waals surface area contributed by atoms with Crippen molar-refractivity contribution in [1.82, 2.24) is 0 Å². The van der Waals surface area contributed by atoms with Crippen LogP contribution in [-0.2, 0) is 9.53 Å². The number of nitrogens with zero attached hydrogens (tertiary/aromatic N) is 1. The fraction of sp³-hybridized carbons (Fsp3) is 0.250. The van der Waals surface area contributed by atoms with Crippen molar-refractivity contribution in [2.45, 2.75) is 25.5 Å². The Morgan fingerprint density at radius 1 is 1.32 bits per heavy atom. The van der Waals surface area contributed by atoms with Crippen molar-refractivity contribution in [3.8, 4) is 0 Å². The number of amides is 1. The maximum absolute atomic E-state index is 13.5. The van der Waals surface area contributed by atoms with Crippen LogP contribution in [0.4, 0.5) is 10.1 Å². The minimum absolute atomic E-state index is 0.0802. The zero-order valence-corrected chi connectivity index (χ0v) is 11.9. The van der Waals surface area contributed by atoms with Crippen LogP contribution in [0, 0.1) is 5.82 Å². The molecule has 5 nitrogen and oxygen atoms in total. The molecule has 0 N–H and O–H groups in total. The van der Waals surface area contributed by atoms with Crippen LogP contribution in [0.1, 0.15) is 23.9 Å². The minimum atomic E-state index is -0.797. The quantitative estimate of drug-likeness (QED) is 0.818. The predicted molar refractivity (Wildman–Crippen MR) is 75.9 cm³/mol. The van der Waals surface area contributed by atoms with Crippen molar-refractivity contribution in [3.63, 3.8) is 0 Å². The second-order valence-corrected chi connectivity index (χ2v) is 5.13. The average molecular weight is 303 g/mol. The highest BCUT2D eigenvalue weighted by atomic mass is 19.1. The topological polar surface area (TPSA) is 59.8 Å². The summed E-state index contributed by atoms with van der Waals surface area (Å²) in [6.07, 6.45) is 1.42. The number of rotatable bonds is 3. The van der Waals surface area contributed by atoms with Gasteiger partial charge in [0.25, 0.3) is 5.91 Å². The van der Waals surface area contributed by atoms with Crippen molar-refractivity contribution in [1.29, 1.82) is 0 Å². The Hall–Kier alpha value is -2.63. The number of halogens is 1. The molecule has 114 valence electrons. The van der Waals surface area contributed by atoms with Gasteiger partial charge in [-0.25, -0.2) is 9.18 Å². The van der Waals surface area contributed by atoms with E-state index in [1.54, 1.807) is 19.1 Å². The third kappa shape index (κ3) is 2.59. The lowest BCUT2D eigenvalue weighted by Crippen LogP contribution is -2.43. The third-order valence-corrected chi connectivity index (χ3v) is 3.49. The minimum Gasteiger partial charge on any atom is -0.461 e. The van der Waals surface area contributed by atoms with Crippen LogP contribution in [0.2, 0.25) is 0 Å². The molecule has 0 bridgehead atoms. The van der Waals surface area contributed by atoms with Crippen LogP contribution >= 0.6 is 0 Å². The molecule has 22 heavy (non-hydrogen) atoms. The Morgan fingerprint density at radius 3 is 2.73 bits per heavy atom. The summed E-state index contributed by atoms with van der Waals surface area (Å²) in [6.45, 7) is 1.75. The molecule has 0 radical (unpaired) electrons. The number of hydrogen-bond donors (Lipinski definition) is 0. The van der Waals surface area contributed by atoms with E-state index < -0.39 is 23.7 Å². The molecule has 2 atom stereocenters. The Bertz CT molecular complexity index is 698. The van der Waals surface area contributed by atoms with Gasteiger partial charge in [0.1, 0.15) is 18.0 Å². The largest absolute Gasteiger partial charge is 0.461 e. The SMILES string of the molecule is CC1CC(N(C(=O)c2ccco2)c2cccc(F)c2)C(=O)O1. The van der Waals surface area contributed by atoms with Gasteiger partial charge >= 0.3 is 5.97 Å². The molecule has 1 amide bonds. The van der Waals surface area contributed by atoms with Gasteiger partial charge in [-0.1, -0.05) is 6.07 Å². The Kier molecular flexibility index (Phi) is 3.66. The van der Waals surface area contributed by atoms with Gasteiger partial charge in [0, 0.05) is 12.1 Å². The zero-order valence-electron chi connectivity index (χ0n) is 11.9. The van der Waals surface area contributed by atoms with Gasteiger partial charge in [0.2, 0.25) is 0 Å². The lowest BCUT2D eigenvalue weighted by molar-refractivity contribution is -0.141. The van der Waals surface area contributed by atoms with E-state index in [4.69, 9.17) is 9.15 Å². The van der Waals surface area contributed by atoms with Gasteiger partial charge in [-0.15, -0.1) is 0 Å². The van der Waals surface area contributed by atoms with Crippen LogP contribution in [0.5, 0.6) is 0 Å². The number of anilines is 1. The van der Waals surface area contributed by atoms with E-state index in [0.29, 0.717) is 6.42 Å². The molecule has 0 saturated carbocycles. The first-order chi connectivity index (χ1) is 10.6. The molecule has 0 spiro atoms. The van der Waals surface area contributed by atoms with E-state index in [1.807, 2.05) is 0 Å². The molecule has 1 saturated heterocycles. The van der Waals surface area contributed by atoms with Gasteiger partial charge in [-0.2, -0.15) is 0 Å². The van der Waals surface area contributed by atoms with Crippen LogP contribution in [0.25, 0.3) is 0 Å². The molecule has 6 heteroatoms. The number of ether oxygens (including phenoxy) is 1. The van der Waals surface area contributed by atoms with Gasteiger partial charge in [0.05, 0.1) is 6.26 Å². The highest BCUT2D eigenvalue weighted by Gasteiger charge is 2.40. The molecule has 2 aromatic rings. The highest BCUT2D eigenvalue weighted by Crippen LogP contribution is 2.28. The fourth-order valence-electron chi connectivity index (χ4n) is 2.53. The van der Waals surface area contributed by atoms with E-state index in [1.165, 1.54) is 35.4 Å². The summed E-state index contributed by atoms with van der Waals surface area (Å²) in [4.78, 5) is 25.9. The lowest BCUT2D eigenvalue weighted by atomic mass is 10.1. The summed E-state index contributed by atoms with van der Waals surface area (Å²) in [5, 5.41) is 0. The summed E-state index contributed by atoms with van der Waals surface area (Å²) < 4.78 is 23.7. The molecule has 1 aliphatic rings. The molecular weight excluding hydrogens is 289 g/mol. The molecule has 0 aliphatic carbocycles. The second kappa shape index (κ2) is 5.63. The molecule has 2 heterocycles. The van der Waals surface area contributed by atoms with E-state index >= 15 is 0 Å². The van der Waals surface area contributed by atoms with Crippen molar-refractivity contribution in [3.05, 3.63) is 54.2 Å². The van der Waals surface area contributed by atoms with E-state index in [2.05, 4.69) is 0 Å². The monoisotopic (exact) mass is 303 g/mol. The van der Waals surface area contributed by atoms with Crippen molar-refractivity contribution < 1.29 is 23.1 Å². The molecule has 1 aromatic carbocycles. The predicted octanol–water partition coefficient (Wildman–Crippen LogP) is 2.77. The zero-order chi connectivity index (χ0) is 15.7. The van der Waals surface area contributed by atoms with E-state index in [-0.39, 0.29) is 17.6 Å². The van der Waals surface area contributed by atoms with Crippen LogP contribution in [0.3, 0.4) is 0 Å². The summed E-state index contributed by atoms with van der Waals surface area (Å²) >= 11 is 0. The van der Waals surface area contributed by atoms with Crippen LogP contribution in [-0.4, -0.2) is 24.0 Å². The third-order valence-electron chi connectivity index (χ3n) is 3.49. The maximum Gasteiger partial charge on any atom is 0.329 e. The normalized spacial score (nSPS) is 20.7. The first kappa shape index (κ1) is 14.3. The van der Waals surface area contributed by atoms with Gasteiger partial charge < -0.3 is 9.15 Å². The number of benzene rings is 1. The average Bonchev–Trinajstić information content (AvgIpc) is 3.10. The number of esters is 1. The van der Waals surface area contributed by atoms with Crippen LogP contribution < -0.4 is 4.90 Å². The number of cyclic esters (lactones) is 1. The summed E-state index contributed by atoms with van der Waals surface area (Å²) in [5.41, 5.74) is 0.289. The summed E-state index contributed by atoms with van der Waals surface area (Å²) in [7, 11) is 0. The Labute approximate surface area is 126 Å². The number of furan rings is 1.